The van der Waals surface area contributed by atoms with Crippen LogP contribution in [0.3, 0.4) is 0 Å². The number of carbonyl (C=O) groups excluding carboxylic acids is 5. The third kappa shape index (κ3) is 13.9. The number of nitrogens with one attached hydrogen (secondary N) is 5. The molecule has 2 aromatic carbocycles. The molecule has 4 atom stereocenters. The molecule has 1 heterocycles. The number of fused-ring (bicyclic) bond motifs is 1. The second kappa shape index (κ2) is 20.2. The van der Waals surface area contributed by atoms with Gasteiger partial charge in [-0.1, -0.05) is 44.2 Å². The Morgan fingerprint density at radius 1 is 0.724 bits per heavy atom. The highest BCUT2D eigenvalue weighted by Crippen LogP contribution is 2.34. The summed E-state index contributed by atoms with van der Waals surface area (Å²) in [5.41, 5.74) is -2.92. The Hall–Kier alpha value is -7.00. The molecule has 4 unspecified atom stereocenters. The highest BCUT2D eigenvalue weighted by atomic mass is 19.4. The van der Waals surface area contributed by atoms with E-state index in [1.165, 1.54) is 13.8 Å². The summed E-state index contributed by atoms with van der Waals surface area (Å²) >= 11 is 0. The van der Waals surface area contributed by atoms with E-state index < -0.39 is 132 Å². The summed E-state index contributed by atoms with van der Waals surface area (Å²) in [6.07, 6.45) is -9.48. The first-order chi connectivity index (χ1) is 27.1. The molecule has 19 nitrogen and oxygen atoms in total. The van der Waals surface area contributed by atoms with Gasteiger partial charge in [-0.2, -0.15) is 13.2 Å². The van der Waals surface area contributed by atoms with Crippen LogP contribution in [-0.2, 0) is 51.1 Å². The Morgan fingerprint density at radius 2 is 1.31 bits per heavy atom. The monoisotopic (exact) mass is 821 g/mol. The van der Waals surface area contributed by atoms with Gasteiger partial charge in [-0.25, -0.2) is 9.59 Å². The van der Waals surface area contributed by atoms with Crippen molar-refractivity contribution in [1.29, 1.82) is 0 Å². The number of anilines is 1. The van der Waals surface area contributed by atoms with E-state index in [2.05, 4.69) is 26.6 Å². The molecule has 0 aliphatic rings. The molecule has 58 heavy (non-hydrogen) atoms. The first kappa shape index (κ1) is 45.4. The molecule has 22 heteroatoms. The van der Waals surface area contributed by atoms with E-state index in [-0.39, 0.29) is 18.4 Å². The summed E-state index contributed by atoms with van der Waals surface area (Å²) in [4.78, 5) is 112. The van der Waals surface area contributed by atoms with Crippen molar-refractivity contribution in [2.75, 3.05) is 5.32 Å². The van der Waals surface area contributed by atoms with Gasteiger partial charge in [-0.3, -0.25) is 33.6 Å². The van der Waals surface area contributed by atoms with E-state index in [0.717, 1.165) is 18.2 Å². The Morgan fingerprint density at radius 3 is 1.88 bits per heavy atom. The average Bonchev–Trinajstić information content (AvgIpc) is 3.12. The Balaban J connectivity index is 1.78. The minimum atomic E-state index is -4.93. The van der Waals surface area contributed by atoms with Gasteiger partial charge < -0.3 is 51.1 Å². The van der Waals surface area contributed by atoms with Gasteiger partial charge in [0.25, 0.3) is 0 Å². The van der Waals surface area contributed by atoms with Crippen LogP contribution < -0.4 is 32.2 Å². The van der Waals surface area contributed by atoms with Crippen LogP contribution in [0.1, 0.15) is 50.7 Å². The molecule has 0 aliphatic heterocycles. The molecule has 0 spiro atoms. The van der Waals surface area contributed by atoms with Crippen LogP contribution in [0.25, 0.3) is 11.0 Å². The number of halogens is 3. The fourth-order valence-electron chi connectivity index (χ4n) is 5.24. The van der Waals surface area contributed by atoms with Crippen molar-refractivity contribution in [2.45, 2.75) is 76.5 Å². The van der Waals surface area contributed by atoms with Crippen molar-refractivity contribution in [1.82, 2.24) is 21.3 Å². The number of alkyl carbamates (subject to hydrolysis) is 1. The minimum Gasteiger partial charge on any atom is -0.481 e. The van der Waals surface area contributed by atoms with Crippen LogP contribution in [0.5, 0.6) is 0 Å². The van der Waals surface area contributed by atoms with Gasteiger partial charge in [-0.15, -0.1) is 0 Å². The number of carboxylic acid groups (broad SMARTS) is 3. The van der Waals surface area contributed by atoms with Crippen LogP contribution in [-0.4, -0.2) is 87.1 Å². The van der Waals surface area contributed by atoms with Gasteiger partial charge in [0.1, 0.15) is 36.4 Å². The van der Waals surface area contributed by atoms with E-state index in [1.807, 2.05) is 0 Å². The molecule has 3 aromatic rings. The normalized spacial score (nSPS) is 13.3. The summed E-state index contributed by atoms with van der Waals surface area (Å²) in [6, 6.07) is 4.26. The Labute approximate surface area is 325 Å². The largest absolute Gasteiger partial charge is 0.481 e. The van der Waals surface area contributed by atoms with Crippen LogP contribution in [0, 0.1) is 5.92 Å². The van der Waals surface area contributed by atoms with Crippen LogP contribution in [0.15, 0.2) is 63.8 Å². The topological polar surface area (TPSA) is 297 Å². The number of hydrogen-bond acceptors (Lipinski definition) is 11. The Kier molecular flexibility index (Phi) is 15.8. The first-order valence-electron chi connectivity index (χ1n) is 17.1. The molecule has 312 valence electrons. The maximum atomic E-state index is 13.5. The summed E-state index contributed by atoms with van der Waals surface area (Å²) < 4.78 is 50.2. The molecule has 0 bridgehead atoms. The maximum absolute atomic E-state index is 13.5. The summed E-state index contributed by atoms with van der Waals surface area (Å²) in [6.45, 7) is 2.60. The van der Waals surface area contributed by atoms with E-state index in [0.29, 0.717) is 5.56 Å². The molecule has 0 fully saturated rings. The SMILES string of the molecule is CC(C)C(NC(=O)C(CCC(=O)O)NC(=O)C(CC(=O)O)NC(=O)OCc1ccccc1)C(=O)NC(CC(=O)O)C(=O)Nc1ccc2c(C(F)(F)F)cc(=O)oc2c1. The van der Waals surface area contributed by atoms with Crippen molar-refractivity contribution in [2.24, 2.45) is 5.92 Å². The molecule has 0 aliphatic carbocycles. The lowest BCUT2D eigenvalue weighted by Crippen LogP contribution is -2.59. The lowest BCUT2D eigenvalue weighted by molar-refractivity contribution is -0.141. The van der Waals surface area contributed by atoms with Crippen molar-refractivity contribution >= 4 is 64.3 Å². The lowest BCUT2D eigenvalue weighted by atomic mass is 10.0. The predicted molar refractivity (Wildman–Crippen MR) is 192 cm³/mol. The van der Waals surface area contributed by atoms with Crippen molar-refractivity contribution in [3.8, 4) is 0 Å². The van der Waals surface area contributed by atoms with Crippen LogP contribution in [0.4, 0.5) is 23.7 Å². The lowest BCUT2D eigenvalue weighted by Gasteiger charge is -2.27. The zero-order valence-corrected chi connectivity index (χ0v) is 30.6. The fraction of sp³-hybridized carbons (Fsp3) is 0.361. The number of carbonyl (C=O) groups is 8. The van der Waals surface area contributed by atoms with E-state index in [9.17, 15) is 71.6 Å². The molecule has 0 radical (unpaired) electrons. The minimum absolute atomic E-state index is 0.242. The number of ether oxygens (including phenoxy) is 1. The molecule has 3 rings (SSSR count). The molecule has 8 N–H and O–H groups in total. The summed E-state index contributed by atoms with van der Waals surface area (Å²) in [5, 5.41) is 38.5. The molecule has 5 amide bonds. The second-order valence-corrected chi connectivity index (χ2v) is 12.9. The zero-order valence-electron chi connectivity index (χ0n) is 30.6. The highest BCUT2D eigenvalue weighted by molar-refractivity contribution is 6.01. The quantitative estimate of drug-likeness (QED) is 0.0803. The average molecular weight is 822 g/mol. The standard InChI is InChI=1S/C36H38F3N5O14/c1-17(2)30(34(55)42-23(14-27(47)48)32(53)40-19-8-9-20-21(36(37,38)39)13-29(51)58-25(20)12-19)44-31(52)22(10-11-26(45)46)41-33(54)24(15-28(49)50)43-35(56)57-16-18-6-4-3-5-7-18/h3-9,12-13,17,22-24,30H,10-11,14-16H2,1-2H3,(H,40,53)(H,41,54)(H,42,55)(H,43,56)(H,44,52)(H,45,46)(H,47,48)(H,49,50). The molecule has 1 aromatic heterocycles. The number of benzene rings is 2. The van der Waals surface area contributed by atoms with Gasteiger partial charge in [-0.05, 0) is 30.0 Å². The third-order valence-corrected chi connectivity index (χ3v) is 8.06. The van der Waals surface area contributed by atoms with Gasteiger partial charge in [0.15, 0.2) is 0 Å². The van der Waals surface area contributed by atoms with E-state index >= 15 is 0 Å². The smallest absolute Gasteiger partial charge is 0.417 e. The van der Waals surface area contributed by atoms with Crippen LogP contribution in [0.2, 0.25) is 0 Å². The van der Waals surface area contributed by atoms with Gasteiger partial charge >= 0.3 is 35.8 Å². The van der Waals surface area contributed by atoms with E-state index in [1.54, 1.807) is 30.3 Å². The third-order valence-electron chi connectivity index (χ3n) is 8.06. The Bertz CT molecular complexity index is 2090. The number of carboxylic acids is 3. The van der Waals surface area contributed by atoms with Crippen LogP contribution >= 0.6 is 0 Å². The predicted octanol–water partition coefficient (Wildman–Crippen LogP) is 1.97. The molecule has 0 saturated carbocycles. The number of amides is 5. The summed E-state index contributed by atoms with van der Waals surface area (Å²) in [5.74, 6) is -10.1. The molecular formula is C36H38F3N5O14. The van der Waals surface area contributed by atoms with Crippen molar-refractivity contribution in [3.05, 3.63) is 76.1 Å². The zero-order chi connectivity index (χ0) is 43.3. The fourth-order valence-corrected chi connectivity index (χ4v) is 5.24. The van der Waals surface area contributed by atoms with Crippen molar-refractivity contribution in [3.63, 3.8) is 0 Å². The van der Waals surface area contributed by atoms with E-state index in [4.69, 9.17) is 9.15 Å². The van der Waals surface area contributed by atoms with Gasteiger partial charge in [0.05, 0.1) is 18.4 Å². The number of rotatable bonds is 19. The highest BCUT2D eigenvalue weighted by Gasteiger charge is 2.36. The molecular weight excluding hydrogens is 783 g/mol. The number of aliphatic carboxylic acids is 3. The molecule has 0 saturated heterocycles. The number of hydrogen-bond donors (Lipinski definition) is 8. The second-order valence-electron chi connectivity index (χ2n) is 12.9. The van der Waals surface area contributed by atoms with Crippen molar-refractivity contribution < 1.29 is 76.0 Å². The first-order valence-corrected chi connectivity index (χ1v) is 17.1. The van der Waals surface area contributed by atoms with Gasteiger partial charge in [0, 0.05) is 29.6 Å². The maximum Gasteiger partial charge on any atom is 0.417 e. The number of alkyl halides is 3. The van der Waals surface area contributed by atoms with Gasteiger partial charge in [0.2, 0.25) is 23.6 Å². The summed E-state index contributed by atoms with van der Waals surface area (Å²) in [7, 11) is 0.